The van der Waals surface area contributed by atoms with Gasteiger partial charge >= 0.3 is 0 Å². The van der Waals surface area contributed by atoms with Gasteiger partial charge in [0, 0.05) is 34.0 Å². The highest BCUT2D eigenvalue weighted by molar-refractivity contribution is 6.28. The molecule has 0 heterocycles. The molecule has 0 unspecified atom stereocenters. The zero-order valence-electron chi connectivity index (χ0n) is 17.7. The molecule has 30 heavy (non-hydrogen) atoms. The van der Waals surface area contributed by atoms with Gasteiger partial charge < -0.3 is 10.6 Å². The molecule has 0 aromatic heterocycles. The first-order chi connectivity index (χ1) is 14.4. The third kappa shape index (κ3) is 3.70. The summed E-state index contributed by atoms with van der Waals surface area (Å²) in [4.78, 5) is 38.4. The number of hydrogen-bond donors (Lipinski definition) is 2. The van der Waals surface area contributed by atoms with E-state index >= 15 is 0 Å². The predicted octanol–water partition coefficient (Wildman–Crippen LogP) is 4.20. The second-order valence-electron chi connectivity index (χ2n) is 8.72. The van der Waals surface area contributed by atoms with E-state index in [4.69, 9.17) is 0 Å². The van der Waals surface area contributed by atoms with Crippen LogP contribution in [-0.4, -0.2) is 29.6 Å². The molecule has 2 aliphatic carbocycles. The van der Waals surface area contributed by atoms with Crippen LogP contribution in [0.4, 0.5) is 5.69 Å². The number of hydrogen-bond acceptors (Lipinski definition) is 4. The highest BCUT2D eigenvalue weighted by Gasteiger charge is 2.31. The first-order valence-corrected chi connectivity index (χ1v) is 10.8. The summed E-state index contributed by atoms with van der Waals surface area (Å²) >= 11 is 0. The van der Waals surface area contributed by atoms with Crippen molar-refractivity contribution in [3.63, 3.8) is 0 Å². The zero-order valence-corrected chi connectivity index (χ0v) is 17.7. The van der Waals surface area contributed by atoms with E-state index in [1.165, 1.54) is 12.8 Å². The van der Waals surface area contributed by atoms with E-state index in [1.807, 2.05) is 6.92 Å². The molecule has 2 aromatic rings. The van der Waals surface area contributed by atoms with Crippen molar-refractivity contribution < 1.29 is 14.4 Å². The largest absolute Gasteiger partial charge is 0.325 e. The molecule has 1 fully saturated rings. The van der Waals surface area contributed by atoms with Crippen molar-refractivity contribution in [1.29, 1.82) is 0 Å². The average molecular weight is 405 g/mol. The van der Waals surface area contributed by atoms with Crippen molar-refractivity contribution in [2.45, 2.75) is 52.1 Å². The summed E-state index contributed by atoms with van der Waals surface area (Å²) in [6.45, 7) is 6.38. The second-order valence-corrected chi connectivity index (χ2v) is 8.72. The first-order valence-electron chi connectivity index (χ1n) is 10.8. The molecule has 2 aromatic carbocycles. The summed E-state index contributed by atoms with van der Waals surface area (Å²) in [6.07, 6.45) is 3.50. The van der Waals surface area contributed by atoms with Crippen LogP contribution in [0.3, 0.4) is 0 Å². The molecule has 5 heteroatoms. The normalized spacial score (nSPS) is 24.0. The van der Waals surface area contributed by atoms with Crippen LogP contribution in [0.25, 0.3) is 0 Å². The molecule has 1 amide bonds. The molecule has 2 aliphatic rings. The van der Waals surface area contributed by atoms with Crippen LogP contribution in [0.1, 0.15) is 71.9 Å². The van der Waals surface area contributed by atoms with Crippen molar-refractivity contribution in [1.82, 2.24) is 5.32 Å². The Morgan fingerprint density at radius 2 is 1.57 bits per heavy atom. The van der Waals surface area contributed by atoms with Crippen molar-refractivity contribution in [2.75, 3.05) is 5.32 Å². The molecular weight excluding hydrogens is 376 g/mol. The molecule has 0 saturated heterocycles. The number of carbonyl (C=O) groups is 3. The van der Waals surface area contributed by atoms with E-state index in [2.05, 4.69) is 24.5 Å². The standard InChI is InChI=1S/C25H28N2O3/c1-14-7-6-10-22(15(14)2)26-16(3)25(30)27-17-11-12-20-21(13-17)24(29)19-9-5-4-8-18(19)23(20)28/h4-5,8-9,11-16,22,26H,6-7,10H2,1-3H3,(H,27,30)/t14-,15-,16+,22+/m1/s1. The number of benzene rings is 2. The van der Waals surface area contributed by atoms with Crippen LogP contribution >= 0.6 is 0 Å². The lowest BCUT2D eigenvalue weighted by atomic mass is 9.78. The Balaban J connectivity index is 1.49. The fourth-order valence-corrected chi connectivity index (χ4v) is 4.64. The van der Waals surface area contributed by atoms with Crippen LogP contribution in [0.5, 0.6) is 0 Å². The van der Waals surface area contributed by atoms with Gasteiger partial charge in [-0.25, -0.2) is 0 Å². The Bertz CT molecular complexity index is 1010. The number of carbonyl (C=O) groups excluding carboxylic acids is 3. The van der Waals surface area contributed by atoms with Crippen LogP contribution in [0, 0.1) is 11.8 Å². The molecule has 2 N–H and O–H groups in total. The van der Waals surface area contributed by atoms with Crippen molar-refractivity contribution >= 4 is 23.2 Å². The molecular formula is C25H28N2O3. The molecule has 4 atom stereocenters. The molecule has 5 nitrogen and oxygen atoms in total. The van der Waals surface area contributed by atoms with Crippen molar-refractivity contribution in [2.24, 2.45) is 11.8 Å². The maximum Gasteiger partial charge on any atom is 0.241 e. The van der Waals surface area contributed by atoms with Crippen LogP contribution in [0.15, 0.2) is 42.5 Å². The number of nitrogens with one attached hydrogen (secondary N) is 2. The number of anilines is 1. The van der Waals surface area contributed by atoms with E-state index < -0.39 is 0 Å². The lowest BCUT2D eigenvalue weighted by Gasteiger charge is -2.36. The SMILES string of the molecule is C[C@@H]1[C@H](C)CCC[C@@H]1N[C@@H](C)C(=O)Nc1ccc2c(c1)C(=O)c1ccccc1C2=O. The third-order valence-corrected chi connectivity index (χ3v) is 6.76. The third-order valence-electron chi connectivity index (χ3n) is 6.76. The first kappa shape index (κ1) is 20.5. The topological polar surface area (TPSA) is 75.3 Å². The van der Waals surface area contributed by atoms with Crippen molar-refractivity contribution in [3.8, 4) is 0 Å². The fraction of sp³-hybridized carbons (Fsp3) is 0.400. The molecule has 0 radical (unpaired) electrons. The van der Waals surface area contributed by atoms with Gasteiger partial charge in [0.05, 0.1) is 6.04 Å². The van der Waals surface area contributed by atoms with Crippen LogP contribution < -0.4 is 10.6 Å². The monoisotopic (exact) mass is 404 g/mol. The van der Waals surface area contributed by atoms with E-state index in [0.717, 1.165) is 6.42 Å². The van der Waals surface area contributed by atoms with Gasteiger partial charge in [-0.2, -0.15) is 0 Å². The summed E-state index contributed by atoms with van der Waals surface area (Å²) in [5.41, 5.74) is 2.09. The smallest absolute Gasteiger partial charge is 0.241 e. The van der Waals surface area contributed by atoms with Crippen LogP contribution in [-0.2, 0) is 4.79 Å². The summed E-state index contributed by atoms with van der Waals surface area (Å²) < 4.78 is 0. The summed E-state index contributed by atoms with van der Waals surface area (Å²) in [7, 11) is 0. The molecule has 0 aliphatic heterocycles. The van der Waals surface area contributed by atoms with E-state index in [-0.39, 0.29) is 23.5 Å². The summed E-state index contributed by atoms with van der Waals surface area (Å²) in [6, 6.07) is 11.8. The number of amides is 1. The lowest BCUT2D eigenvalue weighted by Crippen LogP contribution is -2.49. The Morgan fingerprint density at radius 3 is 2.27 bits per heavy atom. The molecule has 0 spiro atoms. The second kappa shape index (κ2) is 8.15. The van der Waals surface area contributed by atoms with Gasteiger partial charge in [-0.15, -0.1) is 0 Å². The highest BCUT2D eigenvalue weighted by Crippen LogP contribution is 2.31. The van der Waals surface area contributed by atoms with Gasteiger partial charge in [0.2, 0.25) is 5.91 Å². The minimum Gasteiger partial charge on any atom is -0.325 e. The Kier molecular flexibility index (Phi) is 5.56. The van der Waals surface area contributed by atoms with Gasteiger partial charge in [0.15, 0.2) is 11.6 Å². The van der Waals surface area contributed by atoms with Gasteiger partial charge in [0.25, 0.3) is 0 Å². The minimum atomic E-state index is -0.350. The predicted molar refractivity (Wildman–Crippen MR) is 117 cm³/mol. The Morgan fingerprint density at radius 1 is 0.933 bits per heavy atom. The number of rotatable bonds is 4. The number of ketones is 2. The minimum absolute atomic E-state index is 0.143. The number of fused-ring (bicyclic) bond motifs is 2. The Labute approximate surface area is 177 Å². The maximum absolute atomic E-state index is 12.9. The van der Waals surface area contributed by atoms with Gasteiger partial charge in [-0.3, -0.25) is 14.4 Å². The van der Waals surface area contributed by atoms with E-state index in [9.17, 15) is 14.4 Å². The van der Waals surface area contributed by atoms with E-state index in [1.54, 1.807) is 42.5 Å². The lowest BCUT2D eigenvalue weighted by molar-refractivity contribution is -0.118. The van der Waals surface area contributed by atoms with E-state index in [0.29, 0.717) is 45.8 Å². The fourth-order valence-electron chi connectivity index (χ4n) is 4.64. The maximum atomic E-state index is 12.9. The molecule has 156 valence electrons. The summed E-state index contributed by atoms with van der Waals surface area (Å²) in [5.74, 6) is 0.691. The molecule has 1 saturated carbocycles. The van der Waals surface area contributed by atoms with Crippen LogP contribution in [0.2, 0.25) is 0 Å². The molecule has 4 rings (SSSR count). The molecule has 0 bridgehead atoms. The zero-order chi connectivity index (χ0) is 21.4. The average Bonchev–Trinajstić information content (AvgIpc) is 2.75. The van der Waals surface area contributed by atoms with Gasteiger partial charge in [-0.1, -0.05) is 51.0 Å². The van der Waals surface area contributed by atoms with Crippen molar-refractivity contribution in [3.05, 3.63) is 64.7 Å². The quantitative estimate of drug-likeness (QED) is 0.683. The summed E-state index contributed by atoms with van der Waals surface area (Å²) in [5, 5.41) is 6.38. The Hall–Kier alpha value is -2.79. The van der Waals surface area contributed by atoms with Gasteiger partial charge in [0.1, 0.15) is 0 Å². The van der Waals surface area contributed by atoms with Gasteiger partial charge in [-0.05, 0) is 43.4 Å². The highest BCUT2D eigenvalue weighted by atomic mass is 16.2.